The first kappa shape index (κ1) is 18.8. The first-order valence-corrected chi connectivity index (χ1v) is 8.77. The maximum absolute atomic E-state index is 12.6. The van der Waals surface area contributed by atoms with Crippen LogP contribution in [0, 0.1) is 0 Å². The normalized spacial score (nSPS) is 15.0. The Labute approximate surface area is 152 Å². The summed E-state index contributed by atoms with van der Waals surface area (Å²) < 4.78 is 4.67. The highest BCUT2D eigenvalue weighted by atomic mass is 35.5. The fourth-order valence-electron chi connectivity index (χ4n) is 2.90. The third-order valence-corrected chi connectivity index (χ3v) is 4.76. The standard InChI is InChI=1S/C18H21Cl2NO3/c1-24-18(23)10-11-21(15-4-2-3-5-15)17(22)9-7-13-6-8-14(19)12-16(13)20/h6-9,12,15H,2-5,10-11H2,1H3/b9-7+. The molecule has 1 aromatic carbocycles. The summed E-state index contributed by atoms with van der Waals surface area (Å²) in [6.45, 7) is 0.370. The van der Waals surface area contributed by atoms with Gasteiger partial charge in [-0.15, -0.1) is 0 Å². The van der Waals surface area contributed by atoms with E-state index in [0.717, 1.165) is 31.2 Å². The molecule has 0 unspecified atom stereocenters. The van der Waals surface area contributed by atoms with Gasteiger partial charge in [0.1, 0.15) is 0 Å². The summed E-state index contributed by atoms with van der Waals surface area (Å²) in [4.78, 5) is 25.8. The van der Waals surface area contributed by atoms with Gasteiger partial charge in [-0.05, 0) is 36.6 Å². The maximum Gasteiger partial charge on any atom is 0.307 e. The minimum Gasteiger partial charge on any atom is -0.469 e. The minimum atomic E-state index is -0.310. The maximum atomic E-state index is 12.6. The van der Waals surface area contributed by atoms with Crippen molar-refractivity contribution < 1.29 is 14.3 Å². The topological polar surface area (TPSA) is 46.6 Å². The number of carbonyl (C=O) groups is 2. The second kappa shape index (κ2) is 9.09. The van der Waals surface area contributed by atoms with Crippen LogP contribution in [0.4, 0.5) is 0 Å². The van der Waals surface area contributed by atoms with Gasteiger partial charge in [-0.3, -0.25) is 9.59 Å². The Morgan fingerprint density at radius 3 is 2.62 bits per heavy atom. The number of hydrogen-bond donors (Lipinski definition) is 0. The molecule has 1 fully saturated rings. The molecule has 130 valence electrons. The molecule has 0 N–H and O–H groups in total. The average molecular weight is 370 g/mol. The lowest BCUT2D eigenvalue weighted by molar-refractivity contribution is -0.141. The minimum absolute atomic E-state index is 0.114. The summed E-state index contributed by atoms with van der Waals surface area (Å²) in [7, 11) is 1.35. The number of rotatable bonds is 6. The number of amides is 1. The fraction of sp³-hybridized carbons (Fsp3) is 0.444. The fourth-order valence-corrected chi connectivity index (χ4v) is 3.37. The smallest absolute Gasteiger partial charge is 0.307 e. The van der Waals surface area contributed by atoms with Gasteiger partial charge in [0, 0.05) is 28.7 Å². The van der Waals surface area contributed by atoms with Crippen molar-refractivity contribution in [1.82, 2.24) is 4.90 Å². The molecule has 6 heteroatoms. The summed E-state index contributed by atoms with van der Waals surface area (Å²) in [6, 6.07) is 5.32. The third kappa shape index (κ3) is 5.25. The van der Waals surface area contributed by atoms with E-state index >= 15 is 0 Å². The number of hydrogen-bond acceptors (Lipinski definition) is 3. The molecule has 24 heavy (non-hydrogen) atoms. The SMILES string of the molecule is COC(=O)CCN(C(=O)/C=C/c1ccc(Cl)cc1Cl)C1CCCC1. The lowest BCUT2D eigenvalue weighted by Crippen LogP contribution is -2.39. The van der Waals surface area contributed by atoms with Crippen molar-refractivity contribution in [3.8, 4) is 0 Å². The van der Waals surface area contributed by atoms with Crippen LogP contribution < -0.4 is 0 Å². The van der Waals surface area contributed by atoms with Crippen molar-refractivity contribution in [2.75, 3.05) is 13.7 Å². The average Bonchev–Trinajstić information content (AvgIpc) is 3.08. The van der Waals surface area contributed by atoms with Crippen molar-refractivity contribution in [3.63, 3.8) is 0 Å². The van der Waals surface area contributed by atoms with Gasteiger partial charge in [-0.2, -0.15) is 0 Å². The number of ether oxygens (including phenoxy) is 1. The molecule has 4 nitrogen and oxygen atoms in total. The van der Waals surface area contributed by atoms with Crippen LogP contribution in [0.2, 0.25) is 10.0 Å². The molecular weight excluding hydrogens is 349 g/mol. The summed E-state index contributed by atoms with van der Waals surface area (Å²) in [5.41, 5.74) is 0.730. The molecule has 0 spiro atoms. The van der Waals surface area contributed by atoms with Crippen LogP contribution in [-0.2, 0) is 14.3 Å². The Morgan fingerprint density at radius 2 is 2.00 bits per heavy atom. The molecule has 0 aliphatic heterocycles. The predicted octanol–water partition coefficient (Wildman–Crippen LogP) is 4.34. The van der Waals surface area contributed by atoms with Crippen molar-refractivity contribution in [3.05, 3.63) is 39.9 Å². The monoisotopic (exact) mass is 369 g/mol. The van der Waals surface area contributed by atoms with Crippen LogP contribution >= 0.6 is 23.2 Å². The van der Waals surface area contributed by atoms with Crippen molar-refractivity contribution in [1.29, 1.82) is 0 Å². The summed E-state index contributed by atoms with van der Waals surface area (Å²) >= 11 is 12.0. The van der Waals surface area contributed by atoms with Crippen molar-refractivity contribution >= 4 is 41.2 Å². The van der Waals surface area contributed by atoms with Gasteiger partial charge in [0.25, 0.3) is 0 Å². The quantitative estimate of drug-likeness (QED) is 0.553. The second-order valence-corrected chi connectivity index (χ2v) is 6.64. The number of carbonyl (C=O) groups excluding carboxylic acids is 2. The Morgan fingerprint density at radius 1 is 1.29 bits per heavy atom. The molecule has 0 radical (unpaired) electrons. The van der Waals surface area contributed by atoms with Crippen molar-refractivity contribution in [2.45, 2.75) is 38.1 Å². The van der Waals surface area contributed by atoms with Gasteiger partial charge in [-0.1, -0.05) is 42.1 Å². The van der Waals surface area contributed by atoms with Crippen LogP contribution in [0.5, 0.6) is 0 Å². The first-order chi connectivity index (χ1) is 11.5. The lowest BCUT2D eigenvalue weighted by atomic mass is 10.1. The van der Waals surface area contributed by atoms with Gasteiger partial charge in [0.15, 0.2) is 0 Å². The zero-order valence-electron chi connectivity index (χ0n) is 13.6. The molecule has 0 saturated heterocycles. The molecule has 0 aromatic heterocycles. The molecule has 0 bridgehead atoms. The van der Waals surface area contributed by atoms with E-state index in [1.54, 1.807) is 29.2 Å². The van der Waals surface area contributed by atoms with E-state index < -0.39 is 0 Å². The second-order valence-electron chi connectivity index (χ2n) is 5.80. The van der Waals surface area contributed by atoms with Gasteiger partial charge >= 0.3 is 5.97 Å². The summed E-state index contributed by atoms with van der Waals surface area (Å²) in [6.07, 6.45) is 7.56. The lowest BCUT2D eigenvalue weighted by Gasteiger charge is -2.27. The summed E-state index contributed by atoms with van der Waals surface area (Å²) in [5.74, 6) is -0.424. The third-order valence-electron chi connectivity index (χ3n) is 4.20. The van der Waals surface area contributed by atoms with Crippen LogP contribution in [0.25, 0.3) is 6.08 Å². The van der Waals surface area contributed by atoms with Gasteiger partial charge in [-0.25, -0.2) is 0 Å². The van der Waals surface area contributed by atoms with Crippen LogP contribution in [0.1, 0.15) is 37.7 Å². The molecular formula is C18H21Cl2NO3. The molecule has 1 saturated carbocycles. The molecule has 0 atom stereocenters. The number of halogens is 2. The van der Waals surface area contributed by atoms with E-state index in [1.807, 2.05) is 0 Å². The largest absolute Gasteiger partial charge is 0.469 e. The van der Waals surface area contributed by atoms with E-state index in [9.17, 15) is 9.59 Å². The van der Waals surface area contributed by atoms with Crippen LogP contribution in [0.3, 0.4) is 0 Å². The highest BCUT2D eigenvalue weighted by Crippen LogP contribution is 2.25. The number of nitrogens with zero attached hydrogens (tertiary/aromatic N) is 1. The van der Waals surface area contributed by atoms with Gasteiger partial charge in [0.2, 0.25) is 5.91 Å². The molecule has 0 heterocycles. The summed E-state index contributed by atoms with van der Waals surface area (Å²) in [5, 5.41) is 1.04. The van der Waals surface area contributed by atoms with E-state index in [-0.39, 0.29) is 24.3 Å². The van der Waals surface area contributed by atoms with E-state index in [1.165, 1.54) is 13.2 Å². The highest BCUT2D eigenvalue weighted by molar-refractivity contribution is 6.35. The molecule has 2 rings (SSSR count). The molecule has 1 aliphatic rings. The Bertz CT molecular complexity index is 625. The van der Waals surface area contributed by atoms with Gasteiger partial charge in [0.05, 0.1) is 13.5 Å². The van der Waals surface area contributed by atoms with Gasteiger partial charge < -0.3 is 9.64 Å². The number of benzene rings is 1. The molecule has 1 aliphatic carbocycles. The zero-order valence-corrected chi connectivity index (χ0v) is 15.1. The Hall–Kier alpha value is -1.52. The van der Waals surface area contributed by atoms with Crippen LogP contribution in [-0.4, -0.2) is 36.5 Å². The Balaban J connectivity index is 2.08. The zero-order chi connectivity index (χ0) is 17.5. The van der Waals surface area contributed by atoms with Crippen LogP contribution in [0.15, 0.2) is 24.3 Å². The van der Waals surface area contributed by atoms with E-state index in [2.05, 4.69) is 4.74 Å². The van der Waals surface area contributed by atoms with E-state index in [4.69, 9.17) is 23.2 Å². The highest BCUT2D eigenvalue weighted by Gasteiger charge is 2.25. The first-order valence-electron chi connectivity index (χ1n) is 8.02. The van der Waals surface area contributed by atoms with Crippen molar-refractivity contribution in [2.24, 2.45) is 0 Å². The molecule has 1 amide bonds. The Kier molecular flexibility index (Phi) is 7.13. The van der Waals surface area contributed by atoms with E-state index in [0.29, 0.717) is 16.6 Å². The number of methoxy groups -OCH3 is 1. The predicted molar refractivity (Wildman–Crippen MR) is 96.1 cm³/mol. The molecule has 1 aromatic rings. The number of esters is 1.